The fourth-order valence-corrected chi connectivity index (χ4v) is 1.94. The molecule has 2 aromatic rings. The van der Waals surface area contributed by atoms with Gasteiger partial charge in [-0.15, -0.1) is 0 Å². The minimum atomic E-state index is -0.301. The van der Waals surface area contributed by atoms with Gasteiger partial charge in [0.05, 0.1) is 11.7 Å². The van der Waals surface area contributed by atoms with Crippen LogP contribution >= 0.6 is 0 Å². The Bertz CT molecular complexity index is 588. The Hall–Kier alpha value is -2.16. The van der Waals surface area contributed by atoms with Crippen molar-refractivity contribution >= 4 is 5.78 Å². The maximum atomic E-state index is 12.8. The second-order valence-corrected chi connectivity index (χ2v) is 4.89. The third-order valence-corrected chi connectivity index (χ3v) is 2.83. The molecule has 0 saturated carbocycles. The van der Waals surface area contributed by atoms with Gasteiger partial charge < -0.3 is 4.74 Å². The Morgan fingerprint density at radius 1 is 1.10 bits per heavy atom. The normalized spacial score (nSPS) is 10.6. The Labute approximate surface area is 118 Å². The molecular formula is C17H17FO2. The smallest absolute Gasteiger partial charge is 0.170 e. The number of ketones is 1. The highest BCUT2D eigenvalue weighted by Crippen LogP contribution is 2.21. The molecular weight excluding hydrogens is 255 g/mol. The molecule has 0 spiro atoms. The molecule has 20 heavy (non-hydrogen) atoms. The first-order valence-electron chi connectivity index (χ1n) is 6.59. The lowest BCUT2D eigenvalue weighted by Crippen LogP contribution is -2.11. The lowest BCUT2D eigenvalue weighted by molar-refractivity contribution is 0.0987. The molecule has 0 amide bonds. The van der Waals surface area contributed by atoms with E-state index in [1.807, 2.05) is 26.0 Å². The van der Waals surface area contributed by atoms with Crippen LogP contribution in [-0.2, 0) is 6.42 Å². The minimum absolute atomic E-state index is 0.00905. The van der Waals surface area contributed by atoms with Gasteiger partial charge in [-0.1, -0.05) is 24.3 Å². The van der Waals surface area contributed by atoms with Crippen LogP contribution in [0.25, 0.3) is 0 Å². The maximum Gasteiger partial charge on any atom is 0.170 e. The van der Waals surface area contributed by atoms with E-state index in [0.717, 1.165) is 5.56 Å². The van der Waals surface area contributed by atoms with Crippen molar-refractivity contribution < 1.29 is 13.9 Å². The van der Waals surface area contributed by atoms with E-state index in [1.54, 1.807) is 24.3 Å². The van der Waals surface area contributed by atoms with E-state index in [1.165, 1.54) is 12.1 Å². The average molecular weight is 272 g/mol. The molecule has 0 heterocycles. The van der Waals surface area contributed by atoms with E-state index in [0.29, 0.717) is 11.3 Å². The number of para-hydroxylation sites is 1. The molecule has 2 aromatic carbocycles. The SMILES string of the molecule is CC(C)Oc1ccccc1C(=O)Cc1ccc(F)cc1. The summed E-state index contributed by atoms with van der Waals surface area (Å²) >= 11 is 0. The number of halogens is 1. The summed E-state index contributed by atoms with van der Waals surface area (Å²) in [5.74, 6) is 0.257. The monoisotopic (exact) mass is 272 g/mol. The van der Waals surface area contributed by atoms with Crippen LogP contribution < -0.4 is 4.74 Å². The fourth-order valence-electron chi connectivity index (χ4n) is 1.94. The molecule has 0 N–H and O–H groups in total. The van der Waals surface area contributed by atoms with Gasteiger partial charge >= 0.3 is 0 Å². The molecule has 0 atom stereocenters. The van der Waals surface area contributed by atoms with Crippen molar-refractivity contribution in [2.75, 3.05) is 0 Å². The Morgan fingerprint density at radius 2 is 1.75 bits per heavy atom. The van der Waals surface area contributed by atoms with Gasteiger partial charge in [0.2, 0.25) is 0 Å². The van der Waals surface area contributed by atoms with Gasteiger partial charge in [0.15, 0.2) is 5.78 Å². The van der Waals surface area contributed by atoms with Crippen LogP contribution in [-0.4, -0.2) is 11.9 Å². The summed E-state index contributed by atoms with van der Waals surface area (Å²) in [7, 11) is 0. The predicted octanol–water partition coefficient (Wildman–Crippen LogP) is 4.04. The summed E-state index contributed by atoms with van der Waals surface area (Å²) in [6.07, 6.45) is 0.244. The molecule has 104 valence electrons. The highest BCUT2D eigenvalue weighted by molar-refractivity contribution is 5.99. The van der Waals surface area contributed by atoms with Crippen LogP contribution in [0.2, 0.25) is 0 Å². The van der Waals surface area contributed by atoms with Gasteiger partial charge in [-0.05, 0) is 43.7 Å². The first-order valence-corrected chi connectivity index (χ1v) is 6.59. The van der Waals surface area contributed by atoms with Gasteiger partial charge in [-0.25, -0.2) is 4.39 Å². The highest BCUT2D eigenvalue weighted by atomic mass is 19.1. The standard InChI is InChI=1S/C17H17FO2/c1-12(2)20-17-6-4-3-5-15(17)16(19)11-13-7-9-14(18)10-8-13/h3-10,12H,11H2,1-2H3. The average Bonchev–Trinajstić information content (AvgIpc) is 2.41. The summed E-state index contributed by atoms with van der Waals surface area (Å²) < 4.78 is 18.5. The first kappa shape index (κ1) is 14.3. The Balaban J connectivity index is 2.18. The number of benzene rings is 2. The molecule has 0 aliphatic carbocycles. The zero-order chi connectivity index (χ0) is 14.5. The van der Waals surface area contributed by atoms with Crippen molar-refractivity contribution in [3.05, 3.63) is 65.5 Å². The summed E-state index contributed by atoms with van der Waals surface area (Å²) in [6.45, 7) is 3.84. The molecule has 0 saturated heterocycles. The van der Waals surface area contributed by atoms with Crippen LogP contribution in [0, 0.1) is 5.82 Å². The van der Waals surface area contributed by atoms with Gasteiger partial charge in [-0.3, -0.25) is 4.79 Å². The number of rotatable bonds is 5. The topological polar surface area (TPSA) is 26.3 Å². The number of ether oxygens (including phenoxy) is 1. The lowest BCUT2D eigenvalue weighted by Gasteiger charge is -2.13. The molecule has 0 fully saturated rings. The second kappa shape index (κ2) is 6.33. The maximum absolute atomic E-state index is 12.8. The molecule has 0 radical (unpaired) electrons. The molecule has 2 nitrogen and oxygen atoms in total. The molecule has 0 aliphatic rings. The second-order valence-electron chi connectivity index (χ2n) is 4.89. The van der Waals surface area contributed by atoms with Crippen molar-refractivity contribution in [3.8, 4) is 5.75 Å². The fraction of sp³-hybridized carbons (Fsp3) is 0.235. The van der Waals surface area contributed by atoms with E-state index in [9.17, 15) is 9.18 Å². The number of carbonyl (C=O) groups is 1. The van der Waals surface area contributed by atoms with Gasteiger partial charge in [0.25, 0.3) is 0 Å². The zero-order valence-corrected chi connectivity index (χ0v) is 11.6. The molecule has 0 aromatic heterocycles. The Morgan fingerprint density at radius 3 is 2.40 bits per heavy atom. The third-order valence-electron chi connectivity index (χ3n) is 2.83. The molecule has 2 rings (SSSR count). The number of carbonyl (C=O) groups excluding carboxylic acids is 1. The van der Waals surface area contributed by atoms with Gasteiger partial charge in [0, 0.05) is 6.42 Å². The van der Waals surface area contributed by atoms with Gasteiger partial charge in [0.1, 0.15) is 11.6 Å². The third kappa shape index (κ3) is 3.67. The quantitative estimate of drug-likeness (QED) is 0.768. The first-order chi connectivity index (χ1) is 9.56. The van der Waals surface area contributed by atoms with E-state index in [2.05, 4.69) is 0 Å². The number of Topliss-reactive ketones (excluding diaryl/α,β-unsaturated/α-hetero) is 1. The van der Waals surface area contributed by atoms with E-state index >= 15 is 0 Å². The van der Waals surface area contributed by atoms with E-state index < -0.39 is 0 Å². The van der Waals surface area contributed by atoms with Crippen molar-refractivity contribution in [2.45, 2.75) is 26.4 Å². The predicted molar refractivity (Wildman–Crippen MR) is 76.6 cm³/mol. The van der Waals surface area contributed by atoms with Gasteiger partial charge in [-0.2, -0.15) is 0 Å². The van der Waals surface area contributed by atoms with Crippen molar-refractivity contribution in [3.63, 3.8) is 0 Å². The van der Waals surface area contributed by atoms with Crippen LogP contribution in [0.5, 0.6) is 5.75 Å². The Kier molecular flexibility index (Phi) is 4.51. The highest BCUT2D eigenvalue weighted by Gasteiger charge is 2.13. The van der Waals surface area contributed by atoms with E-state index in [-0.39, 0.29) is 24.1 Å². The largest absolute Gasteiger partial charge is 0.490 e. The van der Waals surface area contributed by atoms with Crippen LogP contribution in [0.3, 0.4) is 0 Å². The molecule has 3 heteroatoms. The summed E-state index contributed by atoms with van der Waals surface area (Å²) in [5, 5.41) is 0. The van der Waals surface area contributed by atoms with Crippen LogP contribution in [0.4, 0.5) is 4.39 Å². The van der Waals surface area contributed by atoms with Crippen molar-refractivity contribution in [1.82, 2.24) is 0 Å². The summed E-state index contributed by atoms with van der Waals surface area (Å²) in [6, 6.07) is 13.2. The van der Waals surface area contributed by atoms with E-state index in [4.69, 9.17) is 4.74 Å². The van der Waals surface area contributed by atoms with Crippen LogP contribution in [0.15, 0.2) is 48.5 Å². The number of hydrogen-bond donors (Lipinski definition) is 0. The zero-order valence-electron chi connectivity index (χ0n) is 11.6. The summed E-state index contributed by atoms with van der Waals surface area (Å²) in [5.41, 5.74) is 1.35. The molecule has 0 unspecified atom stereocenters. The summed E-state index contributed by atoms with van der Waals surface area (Å²) in [4.78, 5) is 12.3. The lowest BCUT2D eigenvalue weighted by atomic mass is 10.0. The van der Waals surface area contributed by atoms with Crippen molar-refractivity contribution in [1.29, 1.82) is 0 Å². The molecule has 0 bridgehead atoms. The number of hydrogen-bond acceptors (Lipinski definition) is 2. The van der Waals surface area contributed by atoms with Crippen LogP contribution in [0.1, 0.15) is 29.8 Å². The van der Waals surface area contributed by atoms with Crippen molar-refractivity contribution in [2.24, 2.45) is 0 Å². The molecule has 0 aliphatic heterocycles. The minimum Gasteiger partial charge on any atom is -0.490 e.